The van der Waals surface area contributed by atoms with Crippen molar-refractivity contribution in [3.05, 3.63) is 18.3 Å². The number of ether oxygens (including phenoxy) is 1. The van der Waals surface area contributed by atoms with Gasteiger partial charge in [-0.2, -0.15) is 0 Å². The van der Waals surface area contributed by atoms with E-state index in [2.05, 4.69) is 23.7 Å². The minimum absolute atomic E-state index is 0.499. The second-order valence-electron chi connectivity index (χ2n) is 4.01. The highest BCUT2D eigenvalue weighted by atomic mass is 16.5. The average molecular weight is 237 g/mol. The topological polar surface area (TPSA) is 51.4 Å². The quantitative estimate of drug-likeness (QED) is 0.788. The summed E-state index contributed by atoms with van der Waals surface area (Å²) in [5.74, 6) is 1.76. The molecule has 0 unspecified atom stereocenters. The predicted octanol–water partition coefficient (Wildman–Crippen LogP) is 2.04. The lowest BCUT2D eigenvalue weighted by Gasteiger charge is -2.31. The van der Waals surface area contributed by atoms with Crippen molar-refractivity contribution in [2.24, 2.45) is 5.73 Å². The van der Waals surface area contributed by atoms with Gasteiger partial charge in [-0.1, -0.05) is 13.8 Å². The first kappa shape index (κ1) is 13.8. The smallest absolute Gasteiger partial charge is 0.137 e. The Morgan fingerprint density at radius 2 is 2.06 bits per heavy atom. The fraction of sp³-hybridized carbons (Fsp3) is 0.615. The summed E-state index contributed by atoms with van der Waals surface area (Å²) in [6.07, 6.45) is 3.95. The van der Waals surface area contributed by atoms with Crippen molar-refractivity contribution in [1.29, 1.82) is 0 Å². The van der Waals surface area contributed by atoms with Gasteiger partial charge in [-0.25, -0.2) is 4.98 Å². The van der Waals surface area contributed by atoms with Crippen molar-refractivity contribution in [3.8, 4) is 5.75 Å². The van der Waals surface area contributed by atoms with E-state index in [4.69, 9.17) is 10.5 Å². The van der Waals surface area contributed by atoms with Crippen molar-refractivity contribution in [3.63, 3.8) is 0 Å². The van der Waals surface area contributed by atoms with Crippen LogP contribution in [-0.2, 0) is 0 Å². The molecule has 0 radical (unpaired) electrons. The van der Waals surface area contributed by atoms with Crippen LogP contribution in [0, 0.1) is 0 Å². The van der Waals surface area contributed by atoms with Crippen molar-refractivity contribution >= 4 is 5.82 Å². The molecule has 0 saturated heterocycles. The summed E-state index contributed by atoms with van der Waals surface area (Å²) in [7, 11) is 1.65. The van der Waals surface area contributed by atoms with E-state index in [0.717, 1.165) is 31.0 Å². The first-order chi connectivity index (χ1) is 8.26. The van der Waals surface area contributed by atoms with Gasteiger partial charge in [0.2, 0.25) is 0 Å². The molecule has 0 amide bonds. The summed E-state index contributed by atoms with van der Waals surface area (Å²) in [6, 6.07) is 4.43. The van der Waals surface area contributed by atoms with Crippen LogP contribution < -0.4 is 15.4 Å². The summed E-state index contributed by atoms with van der Waals surface area (Å²) in [5.41, 5.74) is 5.68. The molecular weight excluding hydrogens is 214 g/mol. The molecule has 17 heavy (non-hydrogen) atoms. The van der Waals surface area contributed by atoms with Gasteiger partial charge in [0.1, 0.15) is 11.6 Å². The van der Waals surface area contributed by atoms with Gasteiger partial charge in [0.25, 0.3) is 0 Å². The number of pyridine rings is 1. The molecule has 0 saturated carbocycles. The summed E-state index contributed by atoms with van der Waals surface area (Å²) in [5, 5.41) is 0. The van der Waals surface area contributed by atoms with Crippen molar-refractivity contribution in [2.45, 2.75) is 32.7 Å². The van der Waals surface area contributed by atoms with E-state index < -0.39 is 0 Å². The van der Waals surface area contributed by atoms with Crippen LogP contribution in [0.3, 0.4) is 0 Å². The number of aromatic nitrogens is 1. The second kappa shape index (κ2) is 7.12. The van der Waals surface area contributed by atoms with E-state index in [0.29, 0.717) is 12.6 Å². The van der Waals surface area contributed by atoms with Gasteiger partial charge >= 0.3 is 0 Å². The lowest BCUT2D eigenvalue weighted by atomic mass is 10.1. The number of rotatable bonds is 7. The van der Waals surface area contributed by atoms with Crippen LogP contribution in [0.4, 0.5) is 5.82 Å². The second-order valence-corrected chi connectivity index (χ2v) is 4.01. The highest BCUT2D eigenvalue weighted by Crippen LogP contribution is 2.20. The predicted molar refractivity (Wildman–Crippen MR) is 71.6 cm³/mol. The maximum atomic E-state index is 5.68. The Kier molecular flexibility index (Phi) is 5.77. The first-order valence-electron chi connectivity index (χ1n) is 6.23. The molecule has 1 aromatic heterocycles. The number of nitrogens with two attached hydrogens (primary N) is 1. The molecule has 4 heteroatoms. The van der Waals surface area contributed by atoms with E-state index >= 15 is 0 Å². The lowest BCUT2D eigenvalue weighted by Crippen LogP contribution is -2.38. The van der Waals surface area contributed by atoms with Crippen molar-refractivity contribution < 1.29 is 4.74 Å². The fourth-order valence-corrected chi connectivity index (χ4v) is 2.02. The summed E-state index contributed by atoms with van der Waals surface area (Å²) in [4.78, 5) is 6.71. The SMILES string of the molecule is CCC(CC)N(CCN)c1ccc(OC)cn1. The Hall–Kier alpha value is -1.29. The van der Waals surface area contributed by atoms with Crippen LogP contribution in [-0.4, -0.2) is 31.2 Å². The molecule has 0 aromatic carbocycles. The van der Waals surface area contributed by atoms with Crippen molar-refractivity contribution in [1.82, 2.24) is 4.98 Å². The molecule has 0 aliphatic rings. The van der Waals surface area contributed by atoms with Gasteiger partial charge in [0, 0.05) is 19.1 Å². The Morgan fingerprint density at radius 3 is 2.47 bits per heavy atom. The highest BCUT2D eigenvalue weighted by molar-refractivity contribution is 5.42. The third-order valence-electron chi connectivity index (χ3n) is 3.00. The molecule has 0 bridgehead atoms. The van der Waals surface area contributed by atoms with E-state index in [9.17, 15) is 0 Å². The minimum Gasteiger partial charge on any atom is -0.495 e. The van der Waals surface area contributed by atoms with Gasteiger partial charge in [-0.05, 0) is 25.0 Å². The Morgan fingerprint density at radius 1 is 1.35 bits per heavy atom. The molecule has 2 N–H and O–H groups in total. The average Bonchev–Trinajstić information content (AvgIpc) is 2.39. The van der Waals surface area contributed by atoms with Gasteiger partial charge < -0.3 is 15.4 Å². The standard InChI is InChI=1S/C13H23N3O/c1-4-11(5-2)16(9-8-14)13-7-6-12(17-3)10-15-13/h6-7,10-11H,4-5,8-9,14H2,1-3H3. The molecular formula is C13H23N3O. The molecule has 0 fully saturated rings. The zero-order valence-electron chi connectivity index (χ0n) is 11.0. The first-order valence-corrected chi connectivity index (χ1v) is 6.23. The van der Waals surface area contributed by atoms with Crippen LogP contribution in [0.5, 0.6) is 5.75 Å². The zero-order chi connectivity index (χ0) is 12.7. The van der Waals surface area contributed by atoms with Crippen molar-refractivity contribution in [2.75, 3.05) is 25.1 Å². The Labute approximate surface area is 104 Å². The third-order valence-corrected chi connectivity index (χ3v) is 3.00. The number of hydrogen-bond acceptors (Lipinski definition) is 4. The largest absolute Gasteiger partial charge is 0.495 e. The van der Waals surface area contributed by atoms with Crippen LogP contribution in [0.2, 0.25) is 0 Å². The molecule has 1 rings (SSSR count). The maximum Gasteiger partial charge on any atom is 0.137 e. The molecule has 1 aromatic rings. The normalized spacial score (nSPS) is 10.6. The summed E-state index contributed by atoms with van der Waals surface area (Å²) in [6.45, 7) is 5.87. The number of methoxy groups -OCH3 is 1. The molecule has 1 heterocycles. The van der Waals surface area contributed by atoms with Crippen LogP contribution >= 0.6 is 0 Å². The van der Waals surface area contributed by atoms with E-state index in [1.807, 2.05) is 12.1 Å². The number of nitrogens with zero attached hydrogens (tertiary/aromatic N) is 2. The lowest BCUT2D eigenvalue weighted by molar-refractivity contribution is 0.412. The van der Waals surface area contributed by atoms with E-state index in [1.54, 1.807) is 13.3 Å². The molecule has 0 aliphatic heterocycles. The zero-order valence-corrected chi connectivity index (χ0v) is 11.0. The monoisotopic (exact) mass is 237 g/mol. The molecule has 96 valence electrons. The number of hydrogen-bond donors (Lipinski definition) is 1. The molecule has 0 aliphatic carbocycles. The highest BCUT2D eigenvalue weighted by Gasteiger charge is 2.15. The number of anilines is 1. The minimum atomic E-state index is 0.499. The Balaban J connectivity index is 2.87. The fourth-order valence-electron chi connectivity index (χ4n) is 2.02. The van der Waals surface area contributed by atoms with Gasteiger partial charge in [0.05, 0.1) is 13.3 Å². The Bertz CT molecular complexity index is 309. The maximum absolute atomic E-state index is 5.68. The van der Waals surface area contributed by atoms with Crippen LogP contribution in [0.15, 0.2) is 18.3 Å². The van der Waals surface area contributed by atoms with Crippen LogP contribution in [0.1, 0.15) is 26.7 Å². The molecule has 0 atom stereocenters. The van der Waals surface area contributed by atoms with E-state index in [1.165, 1.54) is 0 Å². The van der Waals surface area contributed by atoms with Gasteiger partial charge in [0.15, 0.2) is 0 Å². The van der Waals surface area contributed by atoms with Gasteiger partial charge in [-0.15, -0.1) is 0 Å². The van der Waals surface area contributed by atoms with E-state index in [-0.39, 0.29) is 0 Å². The summed E-state index contributed by atoms with van der Waals surface area (Å²) >= 11 is 0. The third kappa shape index (κ3) is 3.60. The summed E-state index contributed by atoms with van der Waals surface area (Å²) < 4.78 is 5.12. The van der Waals surface area contributed by atoms with Crippen LogP contribution in [0.25, 0.3) is 0 Å². The molecule has 0 spiro atoms. The van der Waals surface area contributed by atoms with Gasteiger partial charge in [-0.3, -0.25) is 0 Å². The molecule has 4 nitrogen and oxygen atoms in total.